The molecule has 2 fully saturated rings. The Morgan fingerprint density at radius 2 is 1.78 bits per heavy atom. The number of amides is 2. The summed E-state index contributed by atoms with van der Waals surface area (Å²) < 4.78 is 13.3. The van der Waals surface area contributed by atoms with Crippen LogP contribution in [0, 0.1) is 18.7 Å². The van der Waals surface area contributed by atoms with Gasteiger partial charge in [0, 0.05) is 17.0 Å². The lowest BCUT2D eigenvalue weighted by molar-refractivity contribution is -0.139. The normalized spacial score (nSPS) is 20.2. The van der Waals surface area contributed by atoms with Crippen molar-refractivity contribution in [1.29, 1.82) is 0 Å². The van der Waals surface area contributed by atoms with Gasteiger partial charge in [-0.25, -0.2) is 9.37 Å². The lowest BCUT2D eigenvalue weighted by Gasteiger charge is -2.35. The molecule has 1 aliphatic carbocycles. The molecule has 2 N–H and O–H groups in total. The molecule has 2 amide bonds. The fraction of sp³-hybridized carbons (Fsp3) is 0.556. The number of hydrogen-bond acceptors (Lipinski definition) is 6. The van der Waals surface area contributed by atoms with Crippen LogP contribution in [0.25, 0.3) is 0 Å². The van der Waals surface area contributed by atoms with Gasteiger partial charge in [-0.1, -0.05) is 19.3 Å². The molecule has 2 heterocycles. The van der Waals surface area contributed by atoms with Crippen molar-refractivity contribution in [2.45, 2.75) is 76.9 Å². The molecule has 3 atom stereocenters. The van der Waals surface area contributed by atoms with Crippen LogP contribution in [0.2, 0.25) is 0 Å². The molecule has 1 aliphatic heterocycles. The van der Waals surface area contributed by atoms with Gasteiger partial charge in [0.15, 0.2) is 0 Å². The first-order valence-electron chi connectivity index (χ1n) is 12.9. The van der Waals surface area contributed by atoms with Crippen LogP contribution in [-0.2, 0) is 9.59 Å². The monoisotopic (exact) mass is 514 g/mol. The molecule has 0 unspecified atom stereocenters. The highest BCUT2D eigenvalue weighted by atomic mass is 32.1. The average molecular weight is 515 g/mol. The van der Waals surface area contributed by atoms with Gasteiger partial charge in [-0.2, -0.15) is 0 Å². The highest BCUT2D eigenvalue weighted by Crippen LogP contribution is 2.37. The molecule has 9 heteroatoms. The van der Waals surface area contributed by atoms with Crippen molar-refractivity contribution in [1.82, 2.24) is 20.5 Å². The standard InChI is InChI=1S/C27H35FN4O3S/c1-16(29-3)25(34)30-23(18-8-5-4-6-9-18)27(35)32-15-7-10-21(32)26-31-22(17(2)36-26)24(33)19-11-13-20(28)14-12-19/h11-14,16,18,21,23,29H,4-10,15H2,1-3H3,(H,30,34)/t16-,21-,23-/m0/s1. The van der Waals surface area contributed by atoms with Crippen LogP contribution in [0.1, 0.15) is 83.8 Å². The van der Waals surface area contributed by atoms with Crippen LogP contribution < -0.4 is 10.6 Å². The molecule has 2 aliphatic rings. The van der Waals surface area contributed by atoms with Crippen LogP contribution in [0.15, 0.2) is 24.3 Å². The summed E-state index contributed by atoms with van der Waals surface area (Å²) in [7, 11) is 1.73. The molecular formula is C27H35FN4O3S. The molecule has 2 aromatic rings. The summed E-state index contributed by atoms with van der Waals surface area (Å²) in [5, 5.41) is 6.74. The fourth-order valence-corrected chi connectivity index (χ4v) is 6.30. The highest BCUT2D eigenvalue weighted by molar-refractivity contribution is 7.12. The van der Waals surface area contributed by atoms with Crippen molar-refractivity contribution >= 4 is 28.9 Å². The molecule has 36 heavy (non-hydrogen) atoms. The zero-order valence-electron chi connectivity index (χ0n) is 21.2. The van der Waals surface area contributed by atoms with Crippen LogP contribution in [0.5, 0.6) is 0 Å². The number of benzene rings is 1. The molecule has 0 radical (unpaired) electrons. The molecule has 194 valence electrons. The maximum absolute atomic E-state index is 13.9. The van der Waals surface area contributed by atoms with Crippen LogP contribution >= 0.6 is 11.3 Å². The molecule has 1 aromatic heterocycles. The Morgan fingerprint density at radius 3 is 2.44 bits per heavy atom. The van der Waals surface area contributed by atoms with Crippen molar-refractivity contribution < 1.29 is 18.8 Å². The van der Waals surface area contributed by atoms with Crippen LogP contribution in [-0.4, -0.2) is 53.2 Å². The zero-order valence-corrected chi connectivity index (χ0v) is 22.0. The largest absolute Gasteiger partial charge is 0.343 e. The van der Waals surface area contributed by atoms with Crippen molar-refractivity contribution in [3.63, 3.8) is 0 Å². The van der Waals surface area contributed by atoms with Crippen LogP contribution in [0.3, 0.4) is 0 Å². The molecular weight excluding hydrogens is 479 g/mol. The lowest BCUT2D eigenvalue weighted by Crippen LogP contribution is -2.55. The number of halogens is 1. The van der Waals surface area contributed by atoms with Gasteiger partial charge in [-0.15, -0.1) is 11.3 Å². The summed E-state index contributed by atoms with van der Waals surface area (Å²) in [6, 6.07) is 4.29. The van der Waals surface area contributed by atoms with E-state index in [-0.39, 0.29) is 35.6 Å². The van der Waals surface area contributed by atoms with Crippen LogP contribution in [0.4, 0.5) is 4.39 Å². The van der Waals surface area contributed by atoms with E-state index in [0.29, 0.717) is 17.8 Å². The van der Waals surface area contributed by atoms with E-state index >= 15 is 0 Å². The van der Waals surface area contributed by atoms with Crippen molar-refractivity contribution in [2.75, 3.05) is 13.6 Å². The van der Waals surface area contributed by atoms with Crippen molar-refractivity contribution in [3.05, 3.63) is 51.2 Å². The first kappa shape index (κ1) is 26.4. The molecule has 0 spiro atoms. The zero-order chi connectivity index (χ0) is 25.8. The second kappa shape index (κ2) is 11.6. The number of aromatic nitrogens is 1. The lowest BCUT2D eigenvalue weighted by atomic mass is 9.83. The number of carbonyl (C=O) groups excluding carboxylic acids is 3. The molecule has 1 aromatic carbocycles. The summed E-state index contributed by atoms with van der Waals surface area (Å²) in [5.41, 5.74) is 0.732. The Balaban J connectivity index is 1.57. The van der Waals surface area contributed by atoms with Gasteiger partial charge >= 0.3 is 0 Å². The minimum absolute atomic E-state index is 0.0553. The SMILES string of the molecule is CN[C@@H](C)C(=O)N[C@H](C(=O)N1CCC[C@H]1c1nc(C(=O)c2ccc(F)cc2)c(C)s1)C1CCCCC1. The van der Waals surface area contributed by atoms with Gasteiger partial charge < -0.3 is 15.5 Å². The third-order valence-corrected chi connectivity index (χ3v) is 8.54. The van der Waals surface area contributed by atoms with Gasteiger partial charge in [0.2, 0.25) is 17.6 Å². The summed E-state index contributed by atoms with van der Waals surface area (Å²) in [6.45, 7) is 4.24. The second-order valence-electron chi connectivity index (χ2n) is 9.88. The first-order chi connectivity index (χ1) is 17.3. The average Bonchev–Trinajstić information content (AvgIpc) is 3.53. The molecule has 7 nitrogen and oxygen atoms in total. The Hall–Kier alpha value is -2.65. The Bertz CT molecular complexity index is 1100. The third-order valence-electron chi connectivity index (χ3n) is 7.47. The predicted molar refractivity (Wildman–Crippen MR) is 137 cm³/mol. The van der Waals surface area contributed by atoms with Crippen molar-refractivity contribution in [2.24, 2.45) is 5.92 Å². The number of rotatable bonds is 8. The van der Waals surface area contributed by atoms with Crippen molar-refractivity contribution in [3.8, 4) is 0 Å². The number of hydrogen-bond donors (Lipinski definition) is 2. The van der Waals surface area contributed by atoms with E-state index in [1.165, 1.54) is 35.6 Å². The predicted octanol–water partition coefficient (Wildman–Crippen LogP) is 4.16. The number of likely N-dealkylation sites (N-methyl/N-ethyl adjacent to an activating group) is 1. The smallest absolute Gasteiger partial charge is 0.246 e. The second-order valence-corrected chi connectivity index (χ2v) is 11.1. The fourth-order valence-electron chi connectivity index (χ4n) is 5.23. The minimum Gasteiger partial charge on any atom is -0.343 e. The number of ketones is 1. The summed E-state index contributed by atoms with van der Waals surface area (Å²) >= 11 is 1.43. The maximum atomic E-state index is 13.9. The van der Waals surface area contributed by atoms with Gasteiger partial charge in [-0.05, 0) is 76.8 Å². The van der Waals surface area contributed by atoms with E-state index in [2.05, 4.69) is 15.6 Å². The molecule has 1 saturated carbocycles. The number of likely N-dealkylation sites (tertiary alicyclic amines) is 1. The van der Waals surface area contributed by atoms with E-state index in [1.807, 2.05) is 11.8 Å². The minimum atomic E-state index is -0.560. The summed E-state index contributed by atoms with van der Waals surface area (Å²) in [6.07, 6.45) is 6.75. The topological polar surface area (TPSA) is 91.4 Å². The van der Waals surface area contributed by atoms with E-state index in [1.54, 1.807) is 14.0 Å². The quantitative estimate of drug-likeness (QED) is 0.517. The van der Waals surface area contributed by atoms with Gasteiger partial charge in [0.25, 0.3) is 0 Å². The highest BCUT2D eigenvalue weighted by Gasteiger charge is 2.40. The number of nitrogens with one attached hydrogen (secondary N) is 2. The third kappa shape index (κ3) is 5.67. The number of carbonyl (C=O) groups is 3. The van der Waals surface area contributed by atoms with Gasteiger partial charge in [0.1, 0.15) is 22.6 Å². The molecule has 0 bridgehead atoms. The number of aryl methyl sites for hydroxylation is 1. The Morgan fingerprint density at radius 1 is 1.08 bits per heavy atom. The molecule has 1 saturated heterocycles. The summed E-state index contributed by atoms with van der Waals surface area (Å²) in [5.74, 6) is -0.755. The maximum Gasteiger partial charge on any atom is 0.246 e. The summed E-state index contributed by atoms with van der Waals surface area (Å²) in [4.78, 5) is 47.0. The molecule has 4 rings (SSSR count). The van der Waals surface area contributed by atoms with E-state index in [4.69, 9.17) is 0 Å². The van der Waals surface area contributed by atoms with E-state index < -0.39 is 11.9 Å². The van der Waals surface area contributed by atoms with E-state index in [0.717, 1.165) is 54.8 Å². The number of thiazole rings is 1. The Labute approximate surface area is 215 Å². The number of nitrogens with zero attached hydrogens (tertiary/aromatic N) is 2. The Kier molecular flexibility index (Phi) is 8.51. The van der Waals surface area contributed by atoms with Gasteiger partial charge in [0.05, 0.1) is 12.1 Å². The van der Waals surface area contributed by atoms with E-state index in [9.17, 15) is 18.8 Å². The first-order valence-corrected chi connectivity index (χ1v) is 13.7. The van der Waals surface area contributed by atoms with Gasteiger partial charge in [-0.3, -0.25) is 14.4 Å².